The van der Waals surface area contributed by atoms with E-state index in [1.807, 2.05) is 37.4 Å². The molecule has 0 saturated carbocycles. The molecule has 110 valence electrons. The lowest BCUT2D eigenvalue weighted by Gasteiger charge is -2.13. The minimum atomic E-state index is -0.936. The van der Waals surface area contributed by atoms with Gasteiger partial charge in [0.05, 0.1) is 11.1 Å². The van der Waals surface area contributed by atoms with E-state index in [0.717, 1.165) is 16.8 Å². The molecule has 1 N–H and O–H groups in total. The molecule has 2 heterocycles. The summed E-state index contributed by atoms with van der Waals surface area (Å²) in [7, 11) is 0. The summed E-state index contributed by atoms with van der Waals surface area (Å²) in [5.74, 6) is -0.798. The van der Waals surface area contributed by atoms with Crippen molar-refractivity contribution in [3.8, 4) is 0 Å². The quantitative estimate of drug-likeness (QED) is 0.797. The molecule has 1 atom stereocenters. The van der Waals surface area contributed by atoms with Gasteiger partial charge in [0.2, 0.25) is 0 Å². The van der Waals surface area contributed by atoms with Gasteiger partial charge < -0.3 is 5.11 Å². The number of pyridine rings is 2. The Morgan fingerprint density at radius 1 is 1.09 bits per heavy atom. The van der Waals surface area contributed by atoms with Gasteiger partial charge in [-0.1, -0.05) is 19.1 Å². The highest BCUT2D eigenvalue weighted by molar-refractivity contribution is 6.02. The number of hydrogen-bond acceptors (Lipinski definition) is 3. The van der Waals surface area contributed by atoms with Crippen LogP contribution in [0.3, 0.4) is 0 Å². The SMILES string of the molecule is Cc1ccc([C@H](C)c2ccc3nccc(C(=O)O)c3c2)cn1. The number of aryl methyl sites for hydroxylation is 1. The fourth-order valence-corrected chi connectivity index (χ4v) is 2.55. The number of aromatic nitrogens is 2. The topological polar surface area (TPSA) is 63.1 Å². The molecule has 0 bridgehead atoms. The molecule has 1 aromatic carbocycles. The van der Waals surface area contributed by atoms with Crippen molar-refractivity contribution in [2.24, 2.45) is 0 Å². The molecule has 0 saturated heterocycles. The van der Waals surface area contributed by atoms with Gasteiger partial charge in [-0.05, 0) is 42.3 Å². The second-order valence-corrected chi connectivity index (χ2v) is 5.39. The number of carbonyl (C=O) groups is 1. The van der Waals surface area contributed by atoms with Crippen LogP contribution < -0.4 is 0 Å². The first-order valence-electron chi connectivity index (χ1n) is 7.11. The number of rotatable bonds is 3. The van der Waals surface area contributed by atoms with Gasteiger partial charge in [-0.25, -0.2) is 4.79 Å². The smallest absolute Gasteiger partial charge is 0.336 e. The fraction of sp³-hybridized carbons (Fsp3) is 0.167. The molecular formula is C18H16N2O2. The normalized spacial score (nSPS) is 12.3. The van der Waals surface area contributed by atoms with Crippen LogP contribution in [0.25, 0.3) is 10.9 Å². The maximum absolute atomic E-state index is 11.4. The first-order chi connectivity index (χ1) is 10.6. The van der Waals surface area contributed by atoms with Crippen molar-refractivity contribution in [2.75, 3.05) is 0 Å². The lowest BCUT2D eigenvalue weighted by molar-refractivity contribution is 0.0699. The third-order valence-electron chi connectivity index (χ3n) is 3.93. The number of nitrogens with zero attached hydrogens (tertiary/aromatic N) is 2. The largest absolute Gasteiger partial charge is 0.478 e. The highest BCUT2D eigenvalue weighted by atomic mass is 16.4. The van der Waals surface area contributed by atoms with Crippen LogP contribution in [0.1, 0.15) is 40.0 Å². The van der Waals surface area contributed by atoms with Crippen LogP contribution in [-0.2, 0) is 0 Å². The Kier molecular flexibility index (Phi) is 3.59. The van der Waals surface area contributed by atoms with Crippen molar-refractivity contribution in [1.29, 1.82) is 0 Å². The summed E-state index contributed by atoms with van der Waals surface area (Å²) >= 11 is 0. The molecule has 4 heteroatoms. The Bertz CT molecular complexity index is 841. The standard InChI is InChI=1S/C18H16N2O2/c1-11-3-4-14(10-20-11)12(2)13-5-6-17-16(9-13)15(18(21)22)7-8-19-17/h3-10,12H,1-2H3,(H,21,22)/t12-/m1/s1. The lowest BCUT2D eigenvalue weighted by atomic mass is 9.92. The Morgan fingerprint density at radius 3 is 2.55 bits per heavy atom. The Balaban J connectivity index is 2.09. The van der Waals surface area contributed by atoms with E-state index in [1.54, 1.807) is 0 Å². The van der Waals surface area contributed by atoms with Crippen LogP contribution in [0.15, 0.2) is 48.8 Å². The van der Waals surface area contributed by atoms with Gasteiger partial charge in [-0.3, -0.25) is 9.97 Å². The van der Waals surface area contributed by atoms with Gasteiger partial charge >= 0.3 is 5.97 Å². The van der Waals surface area contributed by atoms with Gasteiger partial charge in [-0.15, -0.1) is 0 Å². The predicted molar refractivity (Wildman–Crippen MR) is 85.2 cm³/mol. The number of carboxylic acids is 1. The van der Waals surface area contributed by atoms with Gasteiger partial charge in [0.15, 0.2) is 0 Å². The zero-order valence-electron chi connectivity index (χ0n) is 12.4. The van der Waals surface area contributed by atoms with Gasteiger partial charge in [-0.2, -0.15) is 0 Å². The zero-order chi connectivity index (χ0) is 15.7. The van der Waals surface area contributed by atoms with E-state index in [0.29, 0.717) is 10.9 Å². The number of carboxylic acid groups (broad SMARTS) is 1. The third-order valence-corrected chi connectivity index (χ3v) is 3.93. The van der Waals surface area contributed by atoms with Crippen LogP contribution in [0.4, 0.5) is 0 Å². The zero-order valence-corrected chi connectivity index (χ0v) is 12.4. The summed E-state index contributed by atoms with van der Waals surface area (Å²) in [6.45, 7) is 4.04. The molecule has 0 aliphatic rings. The summed E-state index contributed by atoms with van der Waals surface area (Å²) < 4.78 is 0. The van der Waals surface area contributed by atoms with Crippen molar-refractivity contribution >= 4 is 16.9 Å². The van der Waals surface area contributed by atoms with Gasteiger partial charge in [0, 0.05) is 29.4 Å². The summed E-state index contributed by atoms with van der Waals surface area (Å²) in [4.78, 5) is 19.9. The molecule has 2 aromatic heterocycles. The molecule has 4 nitrogen and oxygen atoms in total. The van der Waals surface area contributed by atoms with Crippen LogP contribution in [-0.4, -0.2) is 21.0 Å². The van der Waals surface area contributed by atoms with E-state index in [2.05, 4.69) is 23.0 Å². The van der Waals surface area contributed by atoms with Crippen molar-refractivity contribution in [1.82, 2.24) is 9.97 Å². The second-order valence-electron chi connectivity index (χ2n) is 5.39. The molecule has 3 aromatic rings. The Hall–Kier alpha value is -2.75. The highest BCUT2D eigenvalue weighted by Gasteiger charge is 2.13. The fourth-order valence-electron chi connectivity index (χ4n) is 2.55. The molecule has 0 aliphatic carbocycles. The van der Waals surface area contributed by atoms with E-state index in [-0.39, 0.29) is 11.5 Å². The van der Waals surface area contributed by atoms with Crippen molar-refractivity contribution in [2.45, 2.75) is 19.8 Å². The number of aromatic carboxylic acids is 1. The Labute approximate surface area is 128 Å². The molecule has 0 fully saturated rings. The van der Waals surface area contributed by atoms with Crippen molar-refractivity contribution in [3.05, 3.63) is 71.2 Å². The first-order valence-corrected chi connectivity index (χ1v) is 7.11. The Morgan fingerprint density at radius 2 is 1.86 bits per heavy atom. The molecule has 3 rings (SSSR count). The third kappa shape index (κ3) is 2.55. The number of hydrogen-bond donors (Lipinski definition) is 1. The van der Waals surface area contributed by atoms with Crippen LogP contribution >= 0.6 is 0 Å². The molecule has 0 unspecified atom stereocenters. The molecule has 0 spiro atoms. The lowest BCUT2D eigenvalue weighted by Crippen LogP contribution is -2.01. The highest BCUT2D eigenvalue weighted by Crippen LogP contribution is 2.27. The second kappa shape index (κ2) is 5.56. The summed E-state index contributed by atoms with van der Waals surface area (Å²) in [5, 5.41) is 9.99. The minimum absolute atomic E-state index is 0.138. The molecule has 22 heavy (non-hydrogen) atoms. The monoisotopic (exact) mass is 292 g/mol. The minimum Gasteiger partial charge on any atom is -0.478 e. The van der Waals surface area contributed by atoms with Gasteiger partial charge in [0.25, 0.3) is 0 Å². The molecule has 0 radical (unpaired) electrons. The summed E-state index contributed by atoms with van der Waals surface area (Å²) in [6.07, 6.45) is 3.39. The maximum atomic E-state index is 11.4. The van der Waals surface area contributed by atoms with Crippen LogP contribution in [0, 0.1) is 6.92 Å². The van der Waals surface area contributed by atoms with Gasteiger partial charge in [0.1, 0.15) is 0 Å². The van der Waals surface area contributed by atoms with E-state index < -0.39 is 5.97 Å². The number of fused-ring (bicyclic) bond motifs is 1. The van der Waals surface area contributed by atoms with Crippen molar-refractivity contribution in [3.63, 3.8) is 0 Å². The van der Waals surface area contributed by atoms with Crippen molar-refractivity contribution < 1.29 is 9.90 Å². The summed E-state index contributed by atoms with van der Waals surface area (Å²) in [5.41, 5.74) is 4.10. The average Bonchev–Trinajstić information content (AvgIpc) is 2.53. The first kappa shape index (κ1) is 14.2. The predicted octanol–water partition coefficient (Wildman–Crippen LogP) is 3.79. The van der Waals surface area contributed by atoms with Crippen LogP contribution in [0.5, 0.6) is 0 Å². The van der Waals surface area contributed by atoms with E-state index in [1.165, 1.54) is 12.3 Å². The summed E-state index contributed by atoms with van der Waals surface area (Å²) in [6, 6.07) is 11.3. The van der Waals surface area contributed by atoms with E-state index >= 15 is 0 Å². The molecule has 0 amide bonds. The molecule has 0 aliphatic heterocycles. The average molecular weight is 292 g/mol. The van der Waals surface area contributed by atoms with E-state index in [9.17, 15) is 9.90 Å². The maximum Gasteiger partial charge on any atom is 0.336 e. The number of benzene rings is 1. The van der Waals surface area contributed by atoms with E-state index in [4.69, 9.17) is 0 Å². The van der Waals surface area contributed by atoms with Crippen LogP contribution in [0.2, 0.25) is 0 Å². The molecular weight excluding hydrogens is 276 g/mol.